The van der Waals surface area contributed by atoms with E-state index >= 15 is 0 Å². The van der Waals surface area contributed by atoms with Crippen molar-refractivity contribution in [2.24, 2.45) is 5.73 Å². The molecule has 1 rings (SSSR count). The Morgan fingerprint density at radius 1 is 1.25 bits per heavy atom. The zero-order valence-corrected chi connectivity index (χ0v) is 13.0. The number of ether oxygens (including phenoxy) is 1. The zero-order chi connectivity index (χ0) is 15.0. The van der Waals surface area contributed by atoms with Crippen LogP contribution in [-0.4, -0.2) is 44.0 Å². The molecule has 0 amide bonds. The molecule has 2 N–H and O–H groups in total. The van der Waals surface area contributed by atoms with Gasteiger partial charge in [0.2, 0.25) is 0 Å². The van der Waals surface area contributed by atoms with E-state index in [1.807, 2.05) is 24.3 Å². The van der Waals surface area contributed by atoms with Gasteiger partial charge in [0.05, 0.1) is 7.11 Å². The Labute approximate surface area is 129 Å². The Hall–Kier alpha value is -0.970. The van der Waals surface area contributed by atoms with Gasteiger partial charge in [0.15, 0.2) is 0 Å². The summed E-state index contributed by atoms with van der Waals surface area (Å²) in [6.45, 7) is 1.49. The monoisotopic (exact) mass is 318 g/mol. The summed E-state index contributed by atoms with van der Waals surface area (Å²) in [5.41, 5.74) is 7.78. The lowest BCUT2D eigenvalue weighted by Crippen LogP contribution is -2.33. The molecule has 1 aromatic carbocycles. The Morgan fingerprint density at radius 3 is 2.25 bits per heavy atom. The Morgan fingerprint density at radius 2 is 1.80 bits per heavy atom. The molecule has 0 aliphatic carbocycles. The van der Waals surface area contributed by atoms with Gasteiger partial charge < -0.3 is 15.4 Å². The first-order valence-corrected chi connectivity index (χ1v) is 7.48. The van der Waals surface area contributed by atoms with Crippen molar-refractivity contribution in [2.75, 3.05) is 36.9 Å². The minimum atomic E-state index is -0.632. The van der Waals surface area contributed by atoms with E-state index in [1.165, 1.54) is 7.11 Å². The molecule has 0 aromatic heterocycles. The molecule has 0 bridgehead atoms. The number of rotatable bonds is 8. The third kappa shape index (κ3) is 5.19. The number of carbonyl (C=O) groups is 1. The lowest BCUT2D eigenvalue weighted by atomic mass is 10.1. The maximum atomic E-state index is 11.3. The Kier molecular flexibility index (Phi) is 7.73. The summed E-state index contributed by atoms with van der Waals surface area (Å²) in [5.74, 6) is 0.692. The van der Waals surface area contributed by atoms with Gasteiger partial charge in [-0.25, -0.2) is 0 Å². The fourth-order valence-corrected chi connectivity index (χ4v) is 2.31. The van der Waals surface area contributed by atoms with E-state index in [-0.39, 0.29) is 0 Å². The van der Waals surface area contributed by atoms with E-state index in [1.54, 1.807) is 0 Å². The molecule has 0 unspecified atom stereocenters. The van der Waals surface area contributed by atoms with Gasteiger partial charge in [0, 0.05) is 30.5 Å². The van der Waals surface area contributed by atoms with Gasteiger partial charge >= 0.3 is 5.97 Å². The van der Waals surface area contributed by atoms with Crippen molar-refractivity contribution in [2.45, 2.75) is 12.5 Å². The summed E-state index contributed by atoms with van der Waals surface area (Å²) in [6.07, 6.45) is 0.456. The van der Waals surface area contributed by atoms with E-state index in [0.29, 0.717) is 18.2 Å². The third-order valence-corrected chi connectivity index (χ3v) is 3.31. The minimum Gasteiger partial charge on any atom is -0.468 e. The van der Waals surface area contributed by atoms with Crippen LogP contribution in [0.15, 0.2) is 24.3 Å². The number of nitrogens with two attached hydrogens (primary N) is 1. The molecular formula is C14H20Cl2N2O2. The third-order valence-electron chi connectivity index (χ3n) is 2.97. The first-order chi connectivity index (χ1) is 9.62. The molecule has 1 atom stereocenters. The molecule has 1 aromatic rings. The summed E-state index contributed by atoms with van der Waals surface area (Å²) in [7, 11) is 1.33. The van der Waals surface area contributed by atoms with Gasteiger partial charge in [-0.3, -0.25) is 4.79 Å². The summed E-state index contributed by atoms with van der Waals surface area (Å²) in [4.78, 5) is 13.4. The van der Waals surface area contributed by atoms with E-state index in [0.717, 1.165) is 24.3 Å². The number of alkyl halides is 2. The van der Waals surface area contributed by atoms with Gasteiger partial charge in [-0.1, -0.05) is 12.1 Å². The Bertz CT molecular complexity index is 406. The molecule has 0 saturated heterocycles. The first kappa shape index (κ1) is 17.1. The van der Waals surface area contributed by atoms with Crippen LogP contribution in [0.3, 0.4) is 0 Å². The number of halogens is 2. The largest absolute Gasteiger partial charge is 0.468 e. The molecule has 0 fully saturated rings. The predicted molar refractivity (Wildman–Crippen MR) is 83.8 cm³/mol. The highest BCUT2D eigenvalue weighted by Crippen LogP contribution is 2.16. The number of nitrogens with zero attached hydrogens (tertiary/aromatic N) is 1. The van der Waals surface area contributed by atoms with Crippen molar-refractivity contribution in [3.05, 3.63) is 29.8 Å². The second-order valence-electron chi connectivity index (χ2n) is 4.37. The fourth-order valence-electron chi connectivity index (χ4n) is 1.91. The normalized spacial score (nSPS) is 12.0. The molecular weight excluding hydrogens is 299 g/mol. The van der Waals surface area contributed by atoms with Gasteiger partial charge in [0.1, 0.15) is 6.04 Å². The van der Waals surface area contributed by atoms with Crippen LogP contribution in [-0.2, 0) is 16.0 Å². The van der Waals surface area contributed by atoms with Gasteiger partial charge in [-0.15, -0.1) is 23.2 Å². The standard InChI is InChI=1S/C14H20Cl2N2O2/c1-20-14(19)13(17)10-11-2-4-12(5-3-11)18(8-6-15)9-7-16/h2-5,13H,6-10,17H2,1H3/t13-/m1/s1. The predicted octanol–water partition coefficient (Wildman–Crippen LogP) is 2.01. The van der Waals surface area contributed by atoms with Crippen LogP contribution in [0.25, 0.3) is 0 Å². The van der Waals surface area contributed by atoms with Crippen LogP contribution in [0.1, 0.15) is 5.56 Å². The number of methoxy groups -OCH3 is 1. The average Bonchev–Trinajstić information content (AvgIpc) is 2.47. The highest BCUT2D eigenvalue weighted by molar-refractivity contribution is 6.18. The van der Waals surface area contributed by atoms with Crippen LogP contribution in [0.2, 0.25) is 0 Å². The number of anilines is 1. The van der Waals surface area contributed by atoms with E-state index in [9.17, 15) is 4.79 Å². The molecule has 4 nitrogen and oxygen atoms in total. The van der Waals surface area contributed by atoms with Crippen molar-refractivity contribution in [3.63, 3.8) is 0 Å². The molecule has 0 aliphatic rings. The van der Waals surface area contributed by atoms with Crippen molar-refractivity contribution < 1.29 is 9.53 Å². The number of carbonyl (C=O) groups excluding carboxylic acids is 1. The molecule has 20 heavy (non-hydrogen) atoms. The smallest absolute Gasteiger partial charge is 0.322 e. The van der Waals surface area contributed by atoms with Crippen LogP contribution >= 0.6 is 23.2 Å². The van der Waals surface area contributed by atoms with Crippen molar-refractivity contribution in [1.29, 1.82) is 0 Å². The molecule has 6 heteroatoms. The second kappa shape index (κ2) is 9.06. The number of benzene rings is 1. The summed E-state index contributed by atoms with van der Waals surface area (Å²) in [5, 5.41) is 0. The number of hydrogen-bond donors (Lipinski definition) is 1. The van der Waals surface area contributed by atoms with Gasteiger partial charge in [-0.2, -0.15) is 0 Å². The molecule has 0 heterocycles. The second-order valence-corrected chi connectivity index (χ2v) is 5.12. The lowest BCUT2D eigenvalue weighted by molar-refractivity contribution is -0.142. The van der Waals surface area contributed by atoms with Crippen LogP contribution in [0, 0.1) is 0 Å². The number of esters is 1. The van der Waals surface area contributed by atoms with E-state index < -0.39 is 12.0 Å². The zero-order valence-electron chi connectivity index (χ0n) is 11.5. The molecule has 112 valence electrons. The van der Waals surface area contributed by atoms with Gasteiger partial charge in [0.25, 0.3) is 0 Å². The van der Waals surface area contributed by atoms with Crippen molar-refractivity contribution in [3.8, 4) is 0 Å². The van der Waals surface area contributed by atoms with Crippen molar-refractivity contribution >= 4 is 34.9 Å². The molecule has 0 radical (unpaired) electrons. The number of hydrogen-bond acceptors (Lipinski definition) is 4. The SMILES string of the molecule is COC(=O)[C@H](N)Cc1ccc(N(CCCl)CCCl)cc1. The summed E-state index contributed by atoms with van der Waals surface area (Å²) < 4.78 is 4.61. The fraction of sp³-hybridized carbons (Fsp3) is 0.500. The minimum absolute atomic E-state index is 0.403. The summed E-state index contributed by atoms with van der Waals surface area (Å²) in [6, 6.07) is 7.24. The quantitative estimate of drug-likeness (QED) is 0.588. The van der Waals surface area contributed by atoms with Crippen LogP contribution in [0.5, 0.6) is 0 Å². The molecule has 0 saturated carbocycles. The average molecular weight is 319 g/mol. The Balaban J connectivity index is 2.69. The van der Waals surface area contributed by atoms with Crippen molar-refractivity contribution in [1.82, 2.24) is 0 Å². The van der Waals surface area contributed by atoms with Crippen LogP contribution < -0.4 is 10.6 Å². The van der Waals surface area contributed by atoms with E-state index in [4.69, 9.17) is 28.9 Å². The lowest BCUT2D eigenvalue weighted by Gasteiger charge is -2.23. The first-order valence-electron chi connectivity index (χ1n) is 6.41. The maximum absolute atomic E-state index is 11.3. The summed E-state index contributed by atoms with van der Waals surface area (Å²) >= 11 is 11.6. The van der Waals surface area contributed by atoms with Crippen LogP contribution in [0.4, 0.5) is 5.69 Å². The highest BCUT2D eigenvalue weighted by Gasteiger charge is 2.14. The van der Waals surface area contributed by atoms with Gasteiger partial charge in [-0.05, 0) is 24.1 Å². The molecule has 0 aliphatic heterocycles. The highest BCUT2D eigenvalue weighted by atomic mass is 35.5. The maximum Gasteiger partial charge on any atom is 0.322 e. The topological polar surface area (TPSA) is 55.6 Å². The van der Waals surface area contributed by atoms with E-state index in [2.05, 4.69) is 9.64 Å². The molecule has 0 spiro atoms.